The lowest BCUT2D eigenvalue weighted by Crippen LogP contribution is -2.09. The summed E-state index contributed by atoms with van der Waals surface area (Å²) in [5, 5.41) is 8.74. The van der Waals surface area contributed by atoms with Crippen LogP contribution in [-0.4, -0.2) is 26.1 Å². The Hall–Kier alpha value is -0.630. The lowest BCUT2D eigenvalue weighted by atomic mass is 10.5. The summed E-state index contributed by atoms with van der Waals surface area (Å²) in [6, 6.07) is 1.07. The van der Waals surface area contributed by atoms with Gasteiger partial charge in [0.15, 0.2) is 0 Å². The Morgan fingerprint density at radius 1 is 1.67 bits per heavy atom. The van der Waals surface area contributed by atoms with Gasteiger partial charge in [0.25, 0.3) is 10.1 Å². The Labute approximate surface area is 95.4 Å². The summed E-state index contributed by atoms with van der Waals surface area (Å²) >= 11 is 6.23. The molecule has 84 valence electrons. The van der Waals surface area contributed by atoms with Gasteiger partial charge in [-0.1, -0.05) is 11.6 Å². The average molecular weight is 271 g/mol. The lowest BCUT2D eigenvalue weighted by Gasteiger charge is -2.01. The Bertz CT molecular complexity index is 476. The van der Waals surface area contributed by atoms with Crippen molar-refractivity contribution in [2.24, 2.45) is 0 Å². The minimum Gasteiger partial charge on any atom is -0.477 e. The number of thiophene rings is 1. The highest BCUT2D eigenvalue weighted by atomic mass is 35.5. The number of hydrogen-bond donors (Lipinski definition) is 1. The van der Waals surface area contributed by atoms with Gasteiger partial charge in [-0.3, -0.25) is 4.18 Å². The molecule has 0 amide bonds. The maximum atomic E-state index is 11.4. The third-order valence-electron chi connectivity index (χ3n) is 1.40. The zero-order valence-corrected chi connectivity index (χ0v) is 9.95. The molecule has 0 aliphatic carbocycles. The lowest BCUT2D eigenvalue weighted by molar-refractivity contribution is 0.0698. The van der Waals surface area contributed by atoms with Crippen molar-refractivity contribution in [2.75, 3.05) is 6.61 Å². The van der Waals surface area contributed by atoms with Crippen LogP contribution in [0.3, 0.4) is 0 Å². The molecule has 0 atom stereocenters. The van der Waals surface area contributed by atoms with Crippen LogP contribution < -0.4 is 0 Å². The van der Waals surface area contributed by atoms with Crippen molar-refractivity contribution in [3.05, 3.63) is 15.3 Å². The number of rotatable bonds is 4. The predicted molar refractivity (Wildman–Crippen MR) is 55.1 cm³/mol. The summed E-state index contributed by atoms with van der Waals surface area (Å²) in [5.74, 6) is -1.34. The van der Waals surface area contributed by atoms with Gasteiger partial charge in [0, 0.05) is 0 Å². The molecule has 1 aromatic heterocycles. The van der Waals surface area contributed by atoms with E-state index in [0.717, 1.165) is 6.07 Å². The van der Waals surface area contributed by atoms with E-state index in [9.17, 15) is 13.2 Å². The number of carbonyl (C=O) groups is 1. The van der Waals surface area contributed by atoms with Crippen LogP contribution in [-0.2, 0) is 14.3 Å². The van der Waals surface area contributed by atoms with E-state index in [0.29, 0.717) is 11.3 Å². The Kier molecular flexibility index (Phi) is 3.72. The van der Waals surface area contributed by atoms with Crippen LogP contribution in [0.25, 0.3) is 0 Å². The van der Waals surface area contributed by atoms with Gasteiger partial charge in [0.2, 0.25) is 0 Å². The molecule has 0 spiro atoms. The smallest absolute Gasteiger partial charge is 0.347 e. The molecular formula is C7H7ClO5S2. The normalized spacial score (nSPS) is 11.6. The molecule has 15 heavy (non-hydrogen) atoms. The zero-order valence-electron chi connectivity index (χ0n) is 7.56. The summed E-state index contributed by atoms with van der Waals surface area (Å²) in [4.78, 5) is 9.98. The van der Waals surface area contributed by atoms with Crippen LogP contribution in [0.15, 0.2) is 11.0 Å². The second-order valence-corrected chi connectivity index (χ2v) is 5.68. The Morgan fingerprint density at radius 2 is 2.27 bits per heavy atom. The summed E-state index contributed by atoms with van der Waals surface area (Å²) in [7, 11) is -4.02. The van der Waals surface area contributed by atoms with Gasteiger partial charge in [-0.2, -0.15) is 8.42 Å². The number of hydrogen-bond acceptors (Lipinski definition) is 5. The first-order valence-corrected chi connectivity index (χ1v) is 6.40. The van der Waals surface area contributed by atoms with E-state index < -0.39 is 21.0 Å². The molecule has 1 aromatic rings. The first kappa shape index (κ1) is 12.4. The molecule has 1 rings (SSSR count). The molecule has 0 aromatic carbocycles. The maximum Gasteiger partial charge on any atom is 0.347 e. The van der Waals surface area contributed by atoms with Crippen molar-refractivity contribution in [1.82, 2.24) is 0 Å². The van der Waals surface area contributed by atoms with E-state index in [-0.39, 0.29) is 15.8 Å². The Balaban J connectivity index is 3.31. The maximum absolute atomic E-state index is 11.4. The first-order chi connectivity index (χ1) is 6.88. The van der Waals surface area contributed by atoms with Gasteiger partial charge >= 0.3 is 5.97 Å². The van der Waals surface area contributed by atoms with E-state index >= 15 is 0 Å². The largest absolute Gasteiger partial charge is 0.477 e. The Morgan fingerprint density at radius 3 is 2.73 bits per heavy atom. The van der Waals surface area contributed by atoms with Gasteiger partial charge in [0.05, 0.1) is 10.9 Å². The second-order valence-electron chi connectivity index (χ2n) is 2.41. The second kappa shape index (κ2) is 4.48. The topological polar surface area (TPSA) is 80.7 Å². The highest BCUT2D eigenvalue weighted by Crippen LogP contribution is 2.31. The number of carboxylic acids is 1. The molecule has 1 N–H and O–H groups in total. The molecule has 0 bridgehead atoms. The molecule has 1 heterocycles. The predicted octanol–water partition coefficient (Wildman–Crippen LogP) is 1.82. The van der Waals surface area contributed by atoms with E-state index in [4.69, 9.17) is 16.7 Å². The van der Waals surface area contributed by atoms with Crippen molar-refractivity contribution in [1.29, 1.82) is 0 Å². The van der Waals surface area contributed by atoms with Crippen LogP contribution >= 0.6 is 22.9 Å². The molecule has 0 unspecified atom stereocenters. The highest BCUT2D eigenvalue weighted by molar-refractivity contribution is 7.87. The third-order valence-corrected chi connectivity index (χ3v) is 4.19. The fourth-order valence-corrected chi connectivity index (χ4v) is 3.44. The molecule has 0 aliphatic rings. The van der Waals surface area contributed by atoms with Crippen molar-refractivity contribution in [3.8, 4) is 0 Å². The van der Waals surface area contributed by atoms with Crippen molar-refractivity contribution in [2.45, 2.75) is 11.8 Å². The summed E-state index contributed by atoms with van der Waals surface area (Å²) in [5.41, 5.74) is 0. The molecule has 5 nitrogen and oxygen atoms in total. The van der Waals surface area contributed by atoms with E-state index in [1.165, 1.54) is 6.92 Å². The SMILES string of the molecule is CCOS(=O)(=O)c1cc(Cl)sc1C(=O)O. The van der Waals surface area contributed by atoms with Gasteiger partial charge in [-0.15, -0.1) is 11.3 Å². The molecule has 0 fully saturated rings. The highest BCUT2D eigenvalue weighted by Gasteiger charge is 2.26. The van der Waals surface area contributed by atoms with Crippen molar-refractivity contribution < 1.29 is 22.5 Å². The van der Waals surface area contributed by atoms with Gasteiger partial charge in [-0.25, -0.2) is 4.79 Å². The van der Waals surface area contributed by atoms with Crippen LogP contribution in [0, 0.1) is 0 Å². The van der Waals surface area contributed by atoms with E-state index in [1.807, 2.05) is 0 Å². The molecule has 8 heteroatoms. The van der Waals surface area contributed by atoms with Crippen molar-refractivity contribution >= 4 is 39.0 Å². The fraction of sp³-hybridized carbons (Fsp3) is 0.286. The molecular weight excluding hydrogens is 264 g/mol. The summed E-state index contributed by atoms with van der Waals surface area (Å²) in [6.45, 7) is 1.43. The van der Waals surface area contributed by atoms with E-state index in [1.54, 1.807) is 0 Å². The summed E-state index contributed by atoms with van der Waals surface area (Å²) in [6.07, 6.45) is 0. The number of aromatic carboxylic acids is 1. The van der Waals surface area contributed by atoms with Gasteiger partial charge in [-0.05, 0) is 13.0 Å². The van der Waals surface area contributed by atoms with Crippen LogP contribution in [0.1, 0.15) is 16.6 Å². The average Bonchev–Trinajstić information content (AvgIpc) is 2.47. The first-order valence-electron chi connectivity index (χ1n) is 3.80. The number of carboxylic acid groups (broad SMARTS) is 1. The fourth-order valence-electron chi connectivity index (χ4n) is 0.899. The monoisotopic (exact) mass is 270 g/mol. The standard InChI is InChI=1S/C7H7ClO5S2/c1-2-13-15(11,12)4-3-5(8)14-6(4)7(9)10/h3H,2H2,1H3,(H,9,10). The molecule has 0 aliphatic heterocycles. The molecule has 0 saturated heterocycles. The molecule has 0 saturated carbocycles. The van der Waals surface area contributed by atoms with Crippen LogP contribution in [0.5, 0.6) is 0 Å². The van der Waals surface area contributed by atoms with Crippen LogP contribution in [0.2, 0.25) is 4.34 Å². The zero-order chi connectivity index (χ0) is 11.6. The van der Waals surface area contributed by atoms with Gasteiger partial charge in [0.1, 0.15) is 9.77 Å². The number of halogens is 1. The summed E-state index contributed by atoms with van der Waals surface area (Å²) < 4.78 is 27.4. The van der Waals surface area contributed by atoms with E-state index in [2.05, 4.69) is 4.18 Å². The quantitative estimate of drug-likeness (QED) is 0.844. The van der Waals surface area contributed by atoms with Gasteiger partial charge < -0.3 is 5.11 Å². The molecule has 0 radical (unpaired) electrons. The minimum absolute atomic E-state index is 0.0607. The van der Waals surface area contributed by atoms with Crippen LogP contribution in [0.4, 0.5) is 0 Å². The van der Waals surface area contributed by atoms with Crippen molar-refractivity contribution in [3.63, 3.8) is 0 Å². The minimum atomic E-state index is -4.02. The third kappa shape index (κ3) is 2.69.